The molecule has 0 aliphatic rings. The van der Waals surface area contributed by atoms with Crippen LogP contribution in [0, 0.1) is 0 Å². The first kappa shape index (κ1) is 16.1. The minimum Gasteiger partial charge on any atom is -0.375 e. The van der Waals surface area contributed by atoms with E-state index in [1.54, 1.807) is 16.8 Å². The Labute approximate surface area is 138 Å². The second-order valence-corrected chi connectivity index (χ2v) is 5.35. The topological polar surface area (TPSA) is 46.8 Å². The van der Waals surface area contributed by atoms with Crippen LogP contribution in [0.3, 0.4) is 0 Å². The number of tetrazole rings is 1. The van der Waals surface area contributed by atoms with Gasteiger partial charge in [-0.1, -0.05) is 11.6 Å². The number of hydrogen-bond donors (Lipinski definition) is 0. The first-order valence-corrected chi connectivity index (χ1v) is 7.78. The van der Waals surface area contributed by atoms with Crippen molar-refractivity contribution >= 4 is 40.9 Å². The van der Waals surface area contributed by atoms with Crippen LogP contribution in [0.5, 0.6) is 0 Å². The Morgan fingerprint density at radius 2 is 1.76 bits per heavy atom. The number of aromatic nitrogens is 4. The standard InChI is InChI=1S/C13H14Cl3N5/c14-6-9-20(10-7-15)8-5-13-17-18-19-21(13)12-3-1-11(16)2-4-12/h1-5,8H,6-7,9-10H2. The molecular formula is C13H14Cl3N5. The highest BCUT2D eigenvalue weighted by Gasteiger charge is 2.06. The zero-order valence-corrected chi connectivity index (χ0v) is 13.4. The maximum Gasteiger partial charge on any atom is 0.181 e. The quantitative estimate of drug-likeness (QED) is 0.723. The molecule has 8 heteroatoms. The van der Waals surface area contributed by atoms with Crippen LogP contribution in [0.4, 0.5) is 0 Å². The molecule has 0 unspecified atom stereocenters. The number of halogens is 3. The van der Waals surface area contributed by atoms with Crippen LogP contribution in [-0.4, -0.2) is 50.0 Å². The highest BCUT2D eigenvalue weighted by Crippen LogP contribution is 2.14. The van der Waals surface area contributed by atoms with Gasteiger partial charge in [-0.25, -0.2) is 0 Å². The van der Waals surface area contributed by atoms with Crippen molar-refractivity contribution in [1.82, 2.24) is 25.1 Å². The van der Waals surface area contributed by atoms with Gasteiger partial charge in [0.05, 0.1) is 5.69 Å². The van der Waals surface area contributed by atoms with Crippen LogP contribution >= 0.6 is 34.8 Å². The second kappa shape index (κ2) is 8.22. The molecule has 0 aliphatic carbocycles. The predicted octanol–water partition coefficient (Wildman–Crippen LogP) is 3.07. The summed E-state index contributed by atoms with van der Waals surface area (Å²) in [5.74, 6) is 1.68. The summed E-state index contributed by atoms with van der Waals surface area (Å²) in [6.45, 7) is 1.43. The lowest BCUT2D eigenvalue weighted by Crippen LogP contribution is -2.21. The summed E-state index contributed by atoms with van der Waals surface area (Å²) < 4.78 is 1.63. The molecule has 1 aromatic heterocycles. The summed E-state index contributed by atoms with van der Waals surface area (Å²) in [4.78, 5) is 2.01. The van der Waals surface area contributed by atoms with Crippen molar-refractivity contribution < 1.29 is 0 Å². The molecule has 0 N–H and O–H groups in total. The van der Waals surface area contributed by atoms with Crippen LogP contribution in [0.2, 0.25) is 5.02 Å². The van der Waals surface area contributed by atoms with Crippen molar-refractivity contribution in [3.63, 3.8) is 0 Å². The third kappa shape index (κ3) is 4.59. The van der Waals surface area contributed by atoms with Crippen LogP contribution in [0.1, 0.15) is 5.82 Å². The van der Waals surface area contributed by atoms with Gasteiger partial charge in [-0.3, -0.25) is 0 Å². The Morgan fingerprint density at radius 3 is 2.38 bits per heavy atom. The zero-order valence-electron chi connectivity index (χ0n) is 11.2. The van der Waals surface area contributed by atoms with E-state index < -0.39 is 0 Å². The lowest BCUT2D eigenvalue weighted by molar-refractivity contribution is 0.426. The number of nitrogens with zero attached hydrogens (tertiary/aromatic N) is 5. The molecule has 1 heterocycles. The Hall–Kier alpha value is -1.30. The SMILES string of the molecule is ClCCN(C=Cc1nnnn1-c1ccc(Cl)cc1)CCCl. The summed E-state index contributed by atoms with van der Waals surface area (Å²) in [7, 11) is 0. The zero-order chi connectivity index (χ0) is 15.1. The smallest absolute Gasteiger partial charge is 0.181 e. The van der Waals surface area contributed by atoms with Gasteiger partial charge in [-0.2, -0.15) is 4.68 Å². The fourth-order valence-corrected chi connectivity index (χ4v) is 2.27. The van der Waals surface area contributed by atoms with E-state index in [4.69, 9.17) is 34.8 Å². The third-order valence-corrected chi connectivity index (χ3v) is 3.33. The summed E-state index contributed by atoms with van der Waals surface area (Å²) >= 11 is 17.4. The van der Waals surface area contributed by atoms with Gasteiger partial charge in [-0.15, -0.1) is 28.3 Å². The monoisotopic (exact) mass is 345 g/mol. The molecular weight excluding hydrogens is 333 g/mol. The third-order valence-electron chi connectivity index (χ3n) is 2.74. The molecule has 0 saturated heterocycles. The number of alkyl halides is 2. The van der Waals surface area contributed by atoms with E-state index in [1.165, 1.54) is 0 Å². The van der Waals surface area contributed by atoms with Crippen LogP contribution < -0.4 is 0 Å². The summed E-state index contributed by atoms with van der Waals surface area (Å²) in [5.41, 5.74) is 0.838. The molecule has 0 amide bonds. The first-order valence-electron chi connectivity index (χ1n) is 6.33. The summed E-state index contributed by atoms with van der Waals surface area (Å²) in [5, 5.41) is 12.3. The molecule has 112 valence electrons. The molecule has 5 nitrogen and oxygen atoms in total. The Kier molecular flexibility index (Phi) is 6.29. The van der Waals surface area contributed by atoms with Crippen LogP contribution in [0.25, 0.3) is 11.8 Å². The first-order chi connectivity index (χ1) is 10.2. The lowest BCUT2D eigenvalue weighted by atomic mass is 10.3. The van der Waals surface area contributed by atoms with Gasteiger partial charge >= 0.3 is 0 Å². The van der Waals surface area contributed by atoms with Gasteiger partial charge in [0.15, 0.2) is 5.82 Å². The fraction of sp³-hybridized carbons (Fsp3) is 0.308. The fourth-order valence-electron chi connectivity index (χ4n) is 1.71. The van der Waals surface area contributed by atoms with Crippen molar-refractivity contribution in [2.24, 2.45) is 0 Å². The average molecular weight is 347 g/mol. The van der Waals surface area contributed by atoms with Crippen molar-refractivity contribution in [2.45, 2.75) is 0 Å². The van der Waals surface area contributed by atoms with E-state index in [-0.39, 0.29) is 0 Å². The van der Waals surface area contributed by atoms with Gasteiger partial charge in [0.2, 0.25) is 0 Å². The van der Waals surface area contributed by atoms with E-state index in [1.807, 2.05) is 29.3 Å². The number of hydrogen-bond acceptors (Lipinski definition) is 4. The van der Waals surface area contributed by atoms with E-state index >= 15 is 0 Å². The maximum atomic E-state index is 5.88. The summed E-state index contributed by atoms with van der Waals surface area (Å²) in [6, 6.07) is 7.29. The molecule has 0 bridgehead atoms. The van der Waals surface area contributed by atoms with Crippen LogP contribution in [-0.2, 0) is 0 Å². The van der Waals surface area contributed by atoms with Gasteiger partial charge in [-0.05, 0) is 34.7 Å². The normalized spacial score (nSPS) is 11.2. The molecule has 0 atom stereocenters. The van der Waals surface area contributed by atoms with Gasteiger partial charge in [0.1, 0.15) is 0 Å². The van der Waals surface area contributed by atoms with Crippen molar-refractivity contribution in [3.05, 3.63) is 41.3 Å². The molecule has 0 aliphatic heterocycles. The maximum absolute atomic E-state index is 5.88. The Balaban J connectivity index is 2.18. The van der Waals surface area contributed by atoms with Crippen molar-refractivity contribution in [1.29, 1.82) is 0 Å². The lowest BCUT2D eigenvalue weighted by Gasteiger charge is -2.16. The Bertz CT molecular complexity index is 576. The van der Waals surface area contributed by atoms with Crippen molar-refractivity contribution in [2.75, 3.05) is 24.8 Å². The van der Waals surface area contributed by atoms with Gasteiger partial charge in [0.25, 0.3) is 0 Å². The number of benzene rings is 1. The molecule has 0 saturated carbocycles. The molecule has 0 fully saturated rings. The Morgan fingerprint density at radius 1 is 1.10 bits per heavy atom. The van der Waals surface area contributed by atoms with E-state index in [9.17, 15) is 0 Å². The molecule has 0 radical (unpaired) electrons. The minimum absolute atomic E-state index is 0.531. The van der Waals surface area contributed by atoms with Crippen molar-refractivity contribution in [3.8, 4) is 5.69 Å². The average Bonchev–Trinajstić information content (AvgIpc) is 2.94. The second-order valence-electron chi connectivity index (χ2n) is 4.15. The molecule has 2 rings (SSSR count). The van der Waals surface area contributed by atoms with E-state index in [2.05, 4.69) is 15.5 Å². The largest absolute Gasteiger partial charge is 0.375 e. The highest BCUT2D eigenvalue weighted by molar-refractivity contribution is 6.30. The molecule has 1 aromatic carbocycles. The predicted molar refractivity (Wildman–Crippen MR) is 86.2 cm³/mol. The number of rotatable bonds is 7. The molecule has 21 heavy (non-hydrogen) atoms. The minimum atomic E-state index is 0.531. The molecule has 0 spiro atoms. The molecule has 2 aromatic rings. The van der Waals surface area contributed by atoms with Gasteiger partial charge in [0, 0.05) is 42.1 Å². The van der Waals surface area contributed by atoms with E-state index in [0.29, 0.717) is 35.7 Å². The van der Waals surface area contributed by atoms with Crippen LogP contribution in [0.15, 0.2) is 30.5 Å². The van der Waals surface area contributed by atoms with E-state index in [0.717, 1.165) is 5.69 Å². The summed E-state index contributed by atoms with van der Waals surface area (Å²) in [6.07, 6.45) is 3.72. The van der Waals surface area contributed by atoms with Gasteiger partial charge < -0.3 is 4.90 Å². The highest BCUT2D eigenvalue weighted by atomic mass is 35.5.